The van der Waals surface area contributed by atoms with Gasteiger partial charge in [0.2, 0.25) is 0 Å². The van der Waals surface area contributed by atoms with Crippen LogP contribution in [0.25, 0.3) is 11.2 Å². The molecule has 0 spiro atoms. The average molecular weight is 383 g/mol. The van der Waals surface area contributed by atoms with Crippen LogP contribution in [0.5, 0.6) is 0 Å². The number of rotatable bonds is 4. The fraction of sp³-hybridized carbons (Fsp3) is 0.562. The van der Waals surface area contributed by atoms with Crippen LogP contribution in [0, 0.1) is 0 Å². The minimum absolute atomic E-state index is 0.00779. The molecule has 1 fully saturated rings. The number of carbonyl (C=O) groups is 2. The van der Waals surface area contributed by atoms with Gasteiger partial charge in [-0.1, -0.05) is 11.6 Å². The molecule has 9 nitrogen and oxygen atoms in total. The van der Waals surface area contributed by atoms with Crippen molar-refractivity contribution in [3.8, 4) is 0 Å². The molecule has 2 aromatic heterocycles. The van der Waals surface area contributed by atoms with E-state index in [1.807, 2.05) is 0 Å². The summed E-state index contributed by atoms with van der Waals surface area (Å²) < 4.78 is 18.4. The molecule has 26 heavy (non-hydrogen) atoms. The fourth-order valence-corrected chi connectivity index (χ4v) is 3.15. The minimum Gasteiger partial charge on any atom is -0.463 e. The molecule has 10 heteroatoms. The van der Waals surface area contributed by atoms with E-state index >= 15 is 0 Å². The standard InChI is InChI=1S/C16H19ClN4O5/c1-9(22)24-6-12-11(25-10(2)23)4-3-5-13(26-12)21-8-20-14-15(17)18-7-19-16(14)21/h7-8,11-13H,3-6H2,1-2H3/t11-,12+,13+/m0/s1. The van der Waals surface area contributed by atoms with Crippen LogP contribution in [0.15, 0.2) is 12.7 Å². The number of hydrogen-bond donors (Lipinski definition) is 0. The lowest BCUT2D eigenvalue weighted by Crippen LogP contribution is -2.37. The van der Waals surface area contributed by atoms with Crippen LogP contribution in [0.4, 0.5) is 0 Å². The fourth-order valence-electron chi connectivity index (χ4n) is 2.97. The Morgan fingerprint density at radius 1 is 1.27 bits per heavy atom. The van der Waals surface area contributed by atoms with Crippen LogP contribution in [-0.2, 0) is 23.8 Å². The summed E-state index contributed by atoms with van der Waals surface area (Å²) in [4.78, 5) is 35.0. The van der Waals surface area contributed by atoms with E-state index in [0.717, 1.165) is 6.42 Å². The van der Waals surface area contributed by atoms with Crippen molar-refractivity contribution in [3.05, 3.63) is 17.8 Å². The Labute approximate surface area is 154 Å². The second kappa shape index (κ2) is 7.96. The summed E-state index contributed by atoms with van der Waals surface area (Å²) in [6, 6.07) is 0. The number of halogens is 1. The first-order chi connectivity index (χ1) is 12.5. The zero-order valence-corrected chi connectivity index (χ0v) is 15.2. The molecular formula is C16H19ClN4O5. The maximum Gasteiger partial charge on any atom is 0.302 e. The average Bonchev–Trinajstić information content (AvgIpc) is 2.91. The van der Waals surface area contributed by atoms with Crippen LogP contribution in [0.2, 0.25) is 5.15 Å². The number of nitrogens with zero attached hydrogens (tertiary/aromatic N) is 4. The van der Waals surface area contributed by atoms with Gasteiger partial charge >= 0.3 is 11.9 Å². The van der Waals surface area contributed by atoms with Crippen molar-refractivity contribution in [1.29, 1.82) is 0 Å². The highest BCUT2D eigenvalue weighted by molar-refractivity contribution is 6.33. The zero-order valence-electron chi connectivity index (χ0n) is 14.4. The van der Waals surface area contributed by atoms with Crippen LogP contribution >= 0.6 is 11.6 Å². The van der Waals surface area contributed by atoms with E-state index < -0.39 is 30.4 Å². The molecule has 0 amide bonds. The number of hydrogen-bond acceptors (Lipinski definition) is 8. The van der Waals surface area contributed by atoms with Crippen molar-refractivity contribution < 1.29 is 23.8 Å². The molecule has 0 bridgehead atoms. The van der Waals surface area contributed by atoms with Crippen molar-refractivity contribution in [1.82, 2.24) is 19.5 Å². The first kappa shape index (κ1) is 18.5. The summed E-state index contributed by atoms with van der Waals surface area (Å²) in [6.07, 6.45) is 3.45. The molecule has 1 aliphatic heterocycles. The predicted octanol–water partition coefficient (Wildman–Crippen LogP) is 2.04. The molecular weight excluding hydrogens is 364 g/mol. The first-order valence-corrected chi connectivity index (χ1v) is 8.62. The molecule has 0 radical (unpaired) electrons. The lowest BCUT2D eigenvalue weighted by atomic mass is 10.1. The van der Waals surface area contributed by atoms with Gasteiger partial charge in [-0.15, -0.1) is 0 Å². The molecule has 1 saturated heterocycles. The van der Waals surface area contributed by atoms with Gasteiger partial charge in [-0.25, -0.2) is 15.0 Å². The lowest BCUT2D eigenvalue weighted by Gasteiger charge is -2.27. The van der Waals surface area contributed by atoms with E-state index in [9.17, 15) is 9.59 Å². The van der Waals surface area contributed by atoms with Gasteiger partial charge in [0, 0.05) is 13.8 Å². The number of carbonyl (C=O) groups excluding carboxylic acids is 2. The van der Waals surface area contributed by atoms with E-state index in [0.29, 0.717) is 24.0 Å². The summed E-state index contributed by atoms with van der Waals surface area (Å²) in [6.45, 7) is 2.65. The van der Waals surface area contributed by atoms with Crippen LogP contribution in [-0.4, -0.2) is 50.3 Å². The normalized spacial score (nSPS) is 23.4. The van der Waals surface area contributed by atoms with Crippen molar-refractivity contribution in [2.75, 3.05) is 6.61 Å². The SMILES string of the molecule is CC(=O)OC[C@H]1O[C@@H](n2cnc3c(Cl)ncnc32)CCC[C@@H]1OC(C)=O. The number of aromatic nitrogens is 4. The smallest absolute Gasteiger partial charge is 0.302 e. The van der Waals surface area contributed by atoms with Crippen molar-refractivity contribution in [2.24, 2.45) is 0 Å². The Balaban J connectivity index is 1.86. The van der Waals surface area contributed by atoms with Crippen LogP contribution in [0.3, 0.4) is 0 Å². The van der Waals surface area contributed by atoms with Crippen molar-refractivity contribution >= 4 is 34.7 Å². The maximum absolute atomic E-state index is 11.4. The van der Waals surface area contributed by atoms with E-state index in [1.165, 1.54) is 20.2 Å². The Hall–Kier alpha value is -2.26. The highest BCUT2D eigenvalue weighted by Crippen LogP contribution is 2.30. The highest BCUT2D eigenvalue weighted by atomic mass is 35.5. The minimum atomic E-state index is -0.593. The van der Waals surface area contributed by atoms with Gasteiger partial charge in [0.15, 0.2) is 10.8 Å². The third kappa shape index (κ3) is 4.10. The third-order valence-electron chi connectivity index (χ3n) is 4.08. The van der Waals surface area contributed by atoms with Gasteiger partial charge < -0.3 is 14.2 Å². The van der Waals surface area contributed by atoms with E-state index in [4.69, 9.17) is 25.8 Å². The number of ether oxygens (including phenoxy) is 3. The first-order valence-electron chi connectivity index (χ1n) is 8.24. The quantitative estimate of drug-likeness (QED) is 0.584. The molecule has 3 atom stereocenters. The highest BCUT2D eigenvalue weighted by Gasteiger charge is 2.33. The molecule has 0 aromatic carbocycles. The number of fused-ring (bicyclic) bond motifs is 1. The number of imidazole rings is 1. The Morgan fingerprint density at radius 3 is 2.81 bits per heavy atom. The molecule has 140 valence electrons. The van der Waals surface area contributed by atoms with Crippen molar-refractivity contribution in [3.63, 3.8) is 0 Å². The number of esters is 2. The summed E-state index contributed by atoms with van der Waals surface area (Å²) in [7, 11) is 0. The van der Waals surface area contributed by atoms with Gasteiger partial charge in [0.05, 0.1) is 6.33 Å². The van der Waals surface area contributed by atoms with Crippen molar-refractivity contribution in [2.45, 2.75) is 51.5 Å². The van der Waals surface area contributed by atoms with Gasteiger partial charge in [0.1, 0.15) is 36.9 Å². The van der Waals surface area contributed by atoms with Gasteiger partial charge in [-0.05, 0) is 19.3 Å². The molecule has 3 heterocycles. The summed E-state index contributed by atoms with van der Waals surface area (Å²) in [5.74, 6) is -0.832. The van der Waals surface area contributed by atoms with E-state index in [2.05, 4.69) is 15.0 Å². The van der Waals surface area contributed by atoms with E-state index in [1.54, 1.807) is 10.9 Å². The molecule has 2 aromatic rings. The molecule has 1 aliphatic rings. The molecule has 0 saturated carbocycles. The zero-order chi connectivity index (χ0) is 18.7. The third-order valence-corrected chi connectivity index (χ3v) is 4.36. The maximum atomic E-state index is 11.4. The summed E-state index contributed by atoms with van der Waals surface area (Å²) >= 11 is 6.05. The summed E-state index contributed by atoms with van der Waals surface area (Å²) in [5, 5.41) is 0.261. The largest absolute Gasteiger partial charge is 0.463 e. The second-order valence-corrected chi connectivity index (χ2v) is 6.36. The van der Waals surface area contributed by atoms with Gasteiger partial charge in [0.25, 0.3) is 0 Å². The molecule has 0 unspecified atom stereocenters. The second-order valence-electron chi connectivity index (χ2n) is 6.00. The monoisotopic (exact) mass is 382 g/mol. The van der Waals surface area contributed by atoms with Gasteiger partial charge in [-0.3, -0.25) is 14.2 Å². The Kier molecular flexibility index (Phi) is 5.67. The van der Waals surface area contributed by atoms with Crippen LogP contribution in [0.1, 0.15) is 39.3 Å². The Morgan fingerprint density at radius 2 is 2.08 bits per heavy atom. The van der Waals surface area contributed by atoms with E-state index in [-0.39, 0.29) is 11.8 Å². The topological polar surface area (TPSA) is 105 Å². The molecule has 0 N–H and O–H groups in total. The summed E-state index contributed by atoms with van der Waals surface area (Å²) in [5.41, 5.74) is 1.03. The molecule has 3 rings (SSSR count). The Bertz CT molecular complexity index is 811. The van der Waals surface area contributed by atoms with Gasteiger partial charge in [-0.2, -0.15) is 0 Å². The van der Waals surface area contributed by atoms with Crippen LogP contribution < -0.4 is 0 Å². The molecule has 0 aliphatic carbocycles. The lowest BCUT2D eigenvalue weighted by molar-refractivity contribution is -0.170. The predicted molar refractivity (Wildman–Crippen MR) is 90.3 cm³/mol.